The monoisotopic (exact) mass is 1290 g/mol. The fourth-order valence-corrected chi connectivity index (χ4v) is 19.6. The molecule has 6 saturated heterocycles. The average Bonchev–Trinajstić information content (AvgIpc) is 0.715. The lowest BCUT2D eigenvalue weighted by molar-refractivity contribution is -0.0173. The van der Waals surface area contributed by atoms with Gasteiger partial charge in [0.25, 0.3) is 17.7 Å². The molecular formula is C75H123N9O9. The van der Waals surface area contributed by atoms with Gasteiger partial charge in [0.05, 0.1) is 16.7 Å². The van der Waals surface area contributed by atoms with Crippen molar-refractivity contribution in [2.24, 2.45) is 0 Å². The molecule has 93 heavy (non-hydrogen) atoms. The zero-order valence-electron chi connectivity index (χ0n) is 62.3. The van der Waals surface area contributed by atoms with Gasteiger partial charge in [-0.25, -0.2) is 14.4 Å². The van der Waals surface area contributed by atoms with Gasteiger partial charge in [0.2, 0.25) is 0 Å². The number of rotatable bonds is 12. The van der Waals surface area contributed by atoms with Crippen LogP contribution in [0.2, 0.25) is 0 Å². The van der Waals surface area contributed by atoms with Crippen molar-refractivity contribution >= 4 is 35.6 Å². The molecule has 0 aliphatic carbocycles. The fraction of sp³-hybridized carbons (Fsp3) is 0.760. The number of piperidine rings is 6. The van der Waals surface area contributed by atoms with Gasteiger partial charge in [0.1, 0.15) is 0 Å². The second-order valence-corrected chi connectivity index (χ2v) is 37.4. The molecule has 18 nitrogen and oxygen atoms in total. The molecule has 6 aliphatic heterocycles. The van der Waals surface area contributed by atoms with E-state index >= 15 is 0 Å². The van der Waals surface area contributed by atoms with E-state index in [2.05, 4.69) is 234 Å². The van der Waals surface area contributed by atoms with E-state index in [-0.39, 0.29) is 85.8 Å². The van der Waals surface area contributed by atoms with E-state index in [0.717, 1.165) is 38.5 Å². The van der Waals surface area contributed by atoms with Gasteiger partial charge in [-0.3, -0.25) is 29.1 Å². The molecule has 0 atom stereocenters. The summed E-state index contributed by atoms with van der Waals surface area (Å²) >= 11 is 0. The van der Waals surface area contributed by atoms with Crippen LogP contribution in [0.25, 0.3) is 0 Å². The Morgan fingerprint density at radius 3 is 0.634 bits per heavy atom. The number of carboxylic acids is 3. The Morgan fingerprint density at radius 2 is 0.484 bits per heavy atom. The predicted molar refractivity (Wildman–Crippen MR) is 373 cm³/mol. The number of nitrogens with one attached hydrogen (secondary N) is 6. The average molecular weight is 1290 g/mol. The molecule has 0 spiro atoms. The highest BCUT2D eigenvalue weighted by Gasteiger charge is 2.52. The number of benzene rings is 2. The summed E-state index contributed by atoms with van der Waals surface area (Å²) in [4.78, 5) is 89.8. The summed E-state index contributed by atoms with van der Waals surface area (Å²) in [6, 6.07) is 4.83. The standard InChI is InChI=1S/C39H66N6O3.C36H57N3O6/c1-34(2)19-28(20-35(3,4)43(34)13)40-31(46)25-16-26(32(47)41-29-21-36(5,6)44(14)37(7,8)22-29)18-27(17-25)33(48)42-30-23-38(9,10)45(15)39(11,12)24-30;1-31(2)13-19(14-32(3,4)37-31)22-25(28(40)41)23(20-15-33(5,6)38-34(7,8)16-20)27(30(44)45)24(26(22)29(42)43)21-17-35(9,10)39-36(11,12)18-21/h16-18,28-30H,19-24H2,1-15H3,(H,40,46)(H,41,47)(H,42,48);19-21,37-39H,13-18H2,1-12H3,(H,40,41)(H,42,43)(H,44,45). The van der Waals surface area contributed by atoms with Crippen molar-refractivity contribution in [3.05, 3.63) is 68.3 Å². The first-order valence-electron chi connectivity index (χ1n) is 34.4. The SMILES string of the molecule is CC1(C)CC(c2c(C(=O)O)c(C3CC(C)(C)NC(C)(C)C3)c(C(=O)O)c(C3CC(C)(C)NC(C)(C)C3)c2C(=O)O)CC(C)(C)N1.CN1C(C)(C)CC(NC(=O)c2cc(C(=O)NC3CC(C)(C)N(C)C(C)(C)C3)cc(C(=O)NC3CC(C)(C)N(C)C(C)(C)C3)c2)CC1(C)C. The number of hydrogen-bond acceptors (Lipinski definition) is 12. The molecule has 0 radical (unpaired) electrons. The normalized spacial score (nSPS) is 26.0. The third-order valence-electron chi connectivity index (χ3n) is 22.7. The lowest BCUT2D eigenvalue weighted by Crippen LogP contribution is -2.62. The van der Waals surface area contributed by atoms with Gasteiger partial charge in [-0.1, -0.05) is 0 Å². The molecule has 0 bridgehead atoms. The Kier molecular flexibility index (Phi) is 20.4. The Bertz CT molecular complexity index is 2770. The molecule has 0 aromatic heterocycles. The lowest BCUT2D eigenvalue weighted by atomic mass is 9.63. The lowest BCUT2D eigenvalue weighted by Gasteiger charge is -2.53. The van der Waals surface area contributed by atoms with Crippen LogP contribution in [-0.4, -0.2) is 171 Å². The molecule has 522 valence electrons. The summed E-state index contributed by atoms with van der Waals surface area (Å²) in [5, 5.41) is 54.0. The summed E-state index contributed by atoms with van der Waals surface area (Å²) in [6.45, 7) is 51.2. The first-order valence-corrected chi connectivity index (χ1v) is 34.4. The molecular weight excluding hydrogens is 1170 g/mol. The first-order chi connectivity index (χ1) is 41.8. The van der Waals surface area contributed by atoms with E-state index in [0.29, 0.717) is 71.9 Å². The molecule has 6 fully saturated rings. The highest BCUT2D eigenvalue weighted by Crippen LogP contribution is 2.53. The third-order valence-corrected chi connectivity index (χ3v) is 22.7. The van der Waals surface area contributed by atoms with E-state index in [1.807, 2.05) is 0 Å². The quantitative estimate of drug-likeness (QED) is 0.0959. The predicted octanol–water partition coefficient (Wildman–Crippen LogP) is 12.7. The van der Waals surface area contributed by atoms with Crippen LogP contribution in [0.4, 0.5) is 0 Å². The topological polar surface area (TPSA) is 245 Å². The van der Waals surface area contributed by atoms with Crippen molar-refractivity contribution < 1.29 is 44.1 Å². The molecule has 2 aromatic rings. The second-order valence-electron chi connectivity index (χ2n) is 37.4. The minimum Gasteiger partial charge on any atom is -0.478 e. The smallest absolute Gasteiger partial charge is 0.336 e. The van der Waals surface area contributed by atoms with Gasteiger partial charge in [-0.15, -0.1) is 0 Å². The third kappa shape index (κ3) is 16.9. The fourth-order valence-electron chi connectivity index (χ4n) is 19.6. The number of hydrogen-bond donors (Lipinski definition) is 9. The van der Waals surface area contributed by atoms with Crippen LogP contribution in [0.5, 0.6) is 0 Å². The first kappa shape index (κ1) is 75.4. The van der Waals surface area contributed by atoms with Crippen molar-refractivity contribution in [2.75, 3.05) is 21.1 Å². The number of carbonyl (C=O) groups excluding carboxylic acids is 3. The van der Waals surface area contributed by atoms with Gasteiger partial charge in [-0.05, 0) is 317 Å². The zero-order valence-corrected chi connectivity index (χ0v) is 62.3. The maximum absolute atomic E-state index is 14.0. The van der Waals surface area contributed by atoms with Crippen LogP contribution in [0, 0.1) is 0 Å². The summed E-state index contributed by atoms with van der Waals surface area (Å²) in [6.07, 6.45) is 7.94. The number of likely N-dealkylation sites (tertiary alicyclic amines) is 3. The molecule has 2 aromatic carbocycles. The number of nitrogens with zero attached hydrogens (tertiary/aromatic N) is 3. The number of amides is 3. The molecule has 9 N–H and O–H groups in total. The largest absolute Gasteiger partial charge is 0.478 e. The molecule has 6 heterocycles. The van der Waals surface area contributed by atoms with Gasteiger partial charge >= 0.3 is 17.9 Å². The summed E-state index contributed by atoms with van der Waals surface area (Å²) < 4.78 is 0. The van der Waals surface area contributed by atoms with Crippen molar-refractivity contribution in [1.29, 1.82) is 0 Å². The van der Waals surface area contributed by atoms with E-state index in [1.165, 1.54) is 0 Å². The highest BCUT2D eigenvalue weighted by atomic mass is 16.4. The Morgan fingerprint density at radius 1 is 0.323 bits per heavy atom. The van der Waals surface area contributed by atoms with Crippen LogP contribution in [0.1, 0.15) is 340 Å². The Labute approximate surface area is 558 Å². The number of carboxylic acid groups (broad SMARTS) is 3. The van der Waals surface area contributed by atoms with Crippen LogP contribution in [0.3, 0.4) is 0 Å². The Balaban J connectivity index is 0.000000264. The minimum atomic E-state index is -1.26. The second kappa shape index (κ2) is 25.1. The number of aromatic carboxylic acids is 3. The maximum atomic E-state index is 14.0. The van der Waals surface area contributed by atoms with Gasteiger partial charge in [0.15, 0.2) is 0 Å². The van der Waals surface area contributed by atoms with Crippen molar-refractivity contribution in [1.82, 2.24) is 46.6 Å². The van der Waals surface area contributed by atoms with E-state index in [4.69, 9.17) is 0 Å². The van der Waals surface area contributed by atoms with Gasteiger partial charge in [-0.2, -0.15) is 0 Å². The molecule has 6 aliphatic rings. The van der Waals surface area contributed by atoms with E-state index in [9.17, 15) is 44.1 Å². The van der Waals surface area contributed by atoms with Crippen LogP contribution in [-0.2, 0) is 0 Å². The van der Waals surface area contributed by atoms with Crippen LogP contribution >= 0.6 is 0 Å². The van der Waals surface area contributed by atoms with Crippen molar-refractivity contribution in [3.63, 3.8) is 0 Å². The van der Waals surface area contributed by atoms with Crippen LogP contribution < -0.4 is 31.9 Å². The van der Waals surface area contributed by atoms with Gasteiger partial charge in [0, 0.05) is 101 Å². The zero-order chi connectivity index (χ0) is 70.7. The highest BCUT2D eigenvalue weighted by molar-refractivity contribution is 6.07. The molecule has 0 unspecified atom stereocenters. The van der Waals surface area contributed by atoms with E-state index < -0.39 is 68.9 Å². The molecule has 3 amide bonds. The summed E-state index contributed by atoms with van der Waals surface area (Å²) in [5.74, 6) is -5.77. The summed E-state index contributed by atoms with van der Waals surface area (Å²) in [5.41, 5.74) is -1.45. The van der Waals surface area contributed by atoms with Crippen molar-refractivity contribution in [2.45, 2.75) is 346 Å². The Hall–Kier alpha value is -4.98. The van der Waals surface area contributed by atoms with E-state index in [1.54, 1.807) is 18.2 Å². The maximum Gasteiger partial charge on any atom is 0.336 e. The minimum absolute atomic E-state index is 0.0409. The van der Waals surface area contributed by atoms with Gasteiger partial charge < -0.3 is 47.2 Å². The molecule has 18 heteroatoms. The summed E-state index contributed by atoms with van der Waals surface area (Å²) in [7, 11) is 6.43. The van der Waals surface area contributed by atoms with Crippen molar-refractivity contribution in [3.8, 4) is 0 Å². The molecule has 0 saturated carbocycles. The van der Waals surface area contributed by atoms with Crippen LogP contribution in [0.15, 0.2) is 18.2 Å². The number of carbonyl (C=O) groups is 6. The molecule has 8 rings (SSSR count).